The largest absolute Gasteiger partial charge is 0.416 e. The third-order valence-electron chi connectivity index (χ3n) is 3.13. The van der Waals surface area contributed by atoms with E-state index in [0.29, 0.717) is 12.1 Å². The maximum atomic E-state index is 12.7. The third-order valence-corrected chi connectivity index (χ3v) is 3.13. The summed E-state index contributed by atoms with van der Waals surface area (Å²) in [5, 5.41) is 6.53. The van der Waals surface area contributed by atoms with Gasteiger partial charge in [0.1, 0.15) is 12.7 Å². The van der Waals surface area contributed by atoms with Crippen LogP contribution in [-0.4, -0.2) is 20.7 Å². The van der Waals surface area contributed by atoms with Crippen molar-refractivity contribution in [3.05, 3.63) is 48.0 Å². The number of aromatic nitrogens is 3. The van der Waals surface area contributed by atoms with Crippen LogP contribution in [0.1, 0.15) is 30.5 Å². The summed E-state index contributed by atoms with van der Waals surface area (Å²) >= 11 is 0. The molecule has 1 atom stereocenters. The standard InChI is InChI=1S/C14H15F3N4O/c1-10(11-3-2-4-12(7-11)14(15,16)17)20-13(22)5-6-21-9-18-8-19-21/h2-4,7-10H,5-6H2,1H3,(H,20,22). The Balaban J connectivity index is 1.94. The van der Waals surface area contributed by atoms with E-state index in [9.17, 15) is 18.0 Å². The van der Waals surface area contributed by atoms with Crippen LogP contribution in [0.2, 0.25) is 0 Å². The zero-order chi connectivity index (χ0) is 16.2. The van der Waals surface area contributed by atoms with Gasteiger partial charge in [0.05, 0.1) is 18.2 Å². The van der Waals surface area contributed by atoms with Gasteiger partial charge in [-0.25, -0.2) is 4.98 Å². The van der Waals surface area contributed by atoms with Gasteiger partial charge in [-0.2, -0.15) is 18.3 Å². The Bertz CT molecular complexity index is 625. The summed E-state index contributed by atoms with van der Waals surface area (Å²) in [6.07, 6.45) is -1.37. The fourth-order valence-corrected chi connectivity index (χ4v) is 1.95. The van der Waals surface area contributed by atoms with Crippen molar-refractivity contribution in [1.29, 1.82) is 0 Å². The number of hydrogen-bond acceptors (Lipinski definition) is 3. The first-order chi connectivity index (χ1) is 10.4. The fourth-order valence-electron chi connectivity index (χ4n) is 1.95. The predicted octanol–water partition coefficient (Wildman–Crippen LogP) is 2.56. The number of carbonyl (C=O) groups is 1. The second-order valence-corrected chi connectivity index (χ2v) is 4.82. The number of amides is 1. The van der Waals surface area contributed by atoms with Crippen LogP contribution < -0.4 is 5.32 Å². The minimum atomic E-state index is -4.40. The first-order valence-corrected chi connectivity index (χ1v) is 6.65. The lowest BCUT2D eigenvalue weighted by Crippen LogP contribution is -2.27. The Labute approximate surface area is 125 Å². The summed E-state index contributed by atoms with van der Waals surface area (Å²) in [5.41, 5.74) is -0.322. The third kappa shape index (κ3) is 4.31. The number of halogens is 3. The quantitative estimate of drug-likeness (QED) is 0.923. The molecule has 0 fully saturated rings. The summed E-state index contributed by atoms with van der Waals surface area (Å²) in [6.45, 7) is 2.00. The Morgan fingerprint density at radius 1 is 1.41 bits per heavy atom. The van der Waals surface area contributed by atoms with Crippen molar-refractivity contribution in [3.8, 4) is 0 Å². The molecule has 0 aliphatic carbocycles. The summed E-state index contributed by atoms with van der Waals surface area (Å²) in [7, 11) is 0. The van der Waals surface area contributed by atoms with Crippen LogP contribution in [0.5, 0.6) is 0 Å². The predicted molar refractivity (Wildman–Crippen MR) is 72.6 cm³/mol. The molecule has 5 nitrogen and oxygen atoms in total. The van der Waals surface area contributed by atoms with E-state index in [0.717, 1.165) is 12.1 Å². The molecule has 1 aromatic heterocycles. The zero-order valence-electron chi connectivity index (χ0n) is 11.8. The lowest BCUT2D eigenvalue weighted by atomic mass is 10.0. The van der Waals surface area contributed by atoms with Gasteiger partial charge in [0.25, 0.3) is 0 Å². The van der Waals surface area contributed by atoms with Gasteiger partial charge < -0.3 is 5.32 Å². The van der Waals surface area contributed by atoms with Crippen molar-refractivity contribution in [3.63, 3.8) is 0 Å². The molecule has 1 N–H and O–H groups in total. The Morgan fingerprint density at radius 2 is 2.18 bits per heavy atom. The molecular formula is C14H15F3N4O. The van der Waals surface area contributed by atoms with Crippen LogP contribution in [0, 0.1) is 0 Å². The maximum absolute atomic E-state index is 12.7. The molecule has 118 valence electrons. The topological polar surface area (TPSA) is 59.8 Å². The van der Waals surface area contributed by atoms with E-state index in [4.69, 9.17) is 0 Å². The Morgan fingerprint density at radius 3 is 2.82 bits per heavy atom. The number of hydrogen-bond donors (Lipinski definition) is 1. The van der Waals surface area contributed by atoms with Gasteiger partial charge in [-0.3, -0.25) is 9.48 Å². The monoisotopic (exact) mass is 312 g/mol. The molecule has 0 bridgehead atoms. The summed E-state index contributed by atoms with van der Waals surface area (Å²) in [4.78, 5) is 15.6. The van der Waals surface area contributed by atoms with Gasteiger partial charge in [0.15, 0.2) is 0 Å². The van der Waals surface area contributed by atoms with Crippen LogP contribution in [0.15, 0.2) is 36.9 Å². The number of rotatable bonds is 5. The highest BCUT2D eigenvalue weighted by molar-refractivity contribution is 5.76. The Hall–Kier alpha value is -2.38. The molecule has 1 aromatic carbocycles. The van der Waals surface area contributed by atoms with E-state index >= 15 is 0 Å². The molecule has 1 heterocycles. The lowest BCUT2D eigenvalue weighted by Gasteiger charge is -2.16. The molecule has 0 saturated carbocycles. The summed E-state index contributed by atoms with van der Waals surface area (Å²) in [6, 6.07) is 4.42. The van der Waals surface area contributed by atoms with Gasteiger partial charge in [-0.15, -0.1) is 0 Å². The van der Waals surface area contributed by atoms with Crippen molar-refractivity contribution >= 4 is 5.91 Å². The van der Waals surface area contributed by atoms with Gasteiger partial charge in [0, 0.05) is 6.42 Å². The molecule has 1 unspecified atom stereocenters. The SMILES string of the molecule is CC(NC(=O)CCn1cncn1)c1cccc(C(F)(F)F)c1. The highest BCUT2D eigenvalue weighted by atomic mass is 19.4. The number of benzene rings is 1. The average Bonchev–Trinajstić information content (AvgIpc) is 2.97. The van der Waals surface area contributed by atoms with Crippen molar-refractivity contribution in [1.82, 2.24) is 20.1 Å². The second kappa shape index (κ2) is 6.59. The molecule has 0 saturated heterocycles. The second-order valence-electron chi connectivity index (χ2n) is 4.82. The van der Waals surface area contributed by atoms with Crippen LogP contribution in [0.3, 0.4) is 0 Å². The smallest absolute Gasteiger partial charge is 0.350 e. The van der Waals surface area contributed by atoms with Crippen LogP contribution in [-0.2, 0) is 17.5 Å². The van der Waals surface area contributed by atoms with Crippen molar-refractivity contribution < 1.29 is 18.0 Å². The van der Waals surface area contributed by atoms with Crippen molar-refractivity contribution in [2.24, 2.45) is 0 Å². The van der Waals surface area contributed by atoms with E-state index in [1.807, 2.05) is 0 Å². The van der Waals surface area contributed by atoms with E-state index in [1.165, 1.54) is 23.4 Å². The van der Waals surface area contributed by atoms with Gasteiger partial charge in [0.2, 0.25) is 5.91 Å². The zero-order valence-corrected chi connectivity index (χ0v) is 11.8. The number of alkyl halides is 3. The number of carbonyl (C=O) groups excluding carboxylic acids is 1. The molecule has 0 aliphatic rings. The first-order valence-electron chi connectivity index (χ1n) is 6.65. The van der Waals surface area contributed by atoms with E-state index < -0.39 is 17.8 Å². The van der Waals surface area contributed by atoms with E-state index in [1.54, 1.807) is 13.0 Å². The maximum Gasteiger partial charge on any atom is 0.416 e. The highest BCUT2D eigenvalue weighted by Crippen LogP contribution is 2.30. The van der Waals surface area contributed by atoms with Gasteiger partial charge in [-0.05, 0) is 24.6 Å². The minimum absolute atomic E-state index is 0.173. The number of aryl methyl sites for hydroxylation is 1. The first kappa shape index (κ1) is 16.0. The number of nitrogens with one attached hydrogen (secondary N) is 1. The van der Waals surface area contributed by atoms with Crippen molar-refractivity contribution in [2.45, 2.75) is 32.1 Å². The molecular weight excluding hydrogens is 297 g/mol. The normalized spacial score (nSPS) is 12.9. The van der Waals surface area contributed by atoms with Crippen molar-refractivity contribution in [2.75, 3.05) is 0 Å². The lowest BCUT2D eigenvalue weighted by molar-refractivity contribution is -0.137. The molecule has 0 aliphatic heterocycles. The molecule has 0 spiro atoms. The highest BCUT2D eigenvalue weighted by Gasteiger charge is 2.30. The van der Waals surface area contributed by atoms with Crippen LogP contribution in [0.4, 0.5) is 13.2 Å². The molecule has 2 aromatic rings. The van der Waals surface area contributed by atoms with E-state index in [2.05, 4.69) is 15.4 Å². The summed E-state index contributed by atoms with van der Waals surface area (Å²) in [5.74, 6) is -0.264. The van der Waals surface area contributed by atoms with Gasteiger partial charge in [-0.1, -0.05) is 12.1 Å². The molecule has 1 amide bonds. The molecule has 22 heavy (non-hydrogen) atoms. The van der Waals surface area contributed by atoms with E-state index in [-0.39, 0.29) is 12.3 Å². The summed E-state index contributed by atoms with van der Waals surface area (Å²) < 4.78 is 39.5. The number of nitrogens with zero attached hydrogens (tertiary/aromatic N) is 3. The van der Waals surface area contributed by atoms with Crippen LogP contribution in [0.25, 0.3) is 0 Å². The molecule has 0 radical (unpaired) electrons. The molecule has 8 heteroatoms. The Kier molecular flexibility index (Phi) is 4.79. The van der Waals surface area contributed by atoms with Gasteiger partial charge >= 0.3 is 6.18 Å². The molecule has 2 rings (SSSR count). The minimum Gasteiger partial charge on any atom is -0.350 e. The van der Waals surface area contributed by atoms with Crippen LogP contribution >= 0.6 is 0 Å². The fraction of sp³-hybridized carbons (Fsp3) is 0.357. The average molecular weight is 312 g/mol.